The number of rotatable bonds is 6. The van der Waals surface area contributed by atoms with Crippen molar-refractivity contribution in [2.75, 3.05) is 0 Å². The quantitative estimate of drug-likeness (QED) is 0.747. The van der Waals surface area contributed by atoms with Crippen molar-refractivity contribution < 1.29 is 4.52 Å². The molecular formula is C15H18N6O. The minimum absolute atomic E-state index is 0.244. The van der Waals surface area contributed by atoms with Crippen LogP contribution in [0.1, 0.15) is 18.4 Å². The minimum Gasteiger partial charge on any atom is -0.338 e. The van der Waals surface area contributed by atoms with Gasteiger partial charge in [-0.3, -0.25) is 9.67 Å². The number of aromatic nitrogens is 5. The smallest absolute Gasteiger partial charge is 0.240 e. The summed E-state index contributed by atoms with van der Waals surface area (Å²) in [5.74, 6) is 1.11. The summed E-state index contributed by atoms with van der Waals surface area (Å²) in [5.41, 5.74) is 2.00. The van der Waals surface area contributed by atoms with Gasteiger partial charge in [0.2, 0.25) is 11.7 Å². The summed E-state index contributed by atoms with van der Waals surface area (Å²) in [6, 6.07) is 3.99. The number of nitrogens with one attached hydrogen (secondary N) is 1. The van der Waals surface area contributed by atoms with Crippen LogP contribution in [-0.2, 0) is 13.1 Å². The molecule has 114 valence electrons. The van der Waals surface area contributed by atoms with Gasteiger partial charge in [0.05, 0.1) is 19.3 Å². The van der Waals surface area contributed by atoms with Crippen molar-refractivity contribution in [1.29, 1.82) is 0 Å². The summed E-state index contributed by atoms with van der Waals surface area (Å²) >= 11 is 0. The number of pyridine rings is 1. The van der Waals surface area contributed by atoms with Crippen molar-refractivity contribution in [3.05, 3.63) is 48.4 Å². The second kappa shape index (κ2) is 6.48. The molecule has 3 rings (SSSR count). The maximum atomic E-state index is 5.25. The van der Waals surface area contributed by atoms with Gasteiger partial charge in [-0.15, -0.1) is 0 Å². The molecule has 3 aromatic rings. The second-order valence-electron chi connectivity index (χ2n) is 5.28. The van der Waals surface area contributed by atoms with Gasteiger partial charge in [0, 0.05) is 30.2 Å². The van der Waals surface area contributed by atoms with Crippen LogP contribution in [0.3, 0.4) is 0 Å². The summed E-state index contributed by atoms with van der Waals surface area (Å²) in [5, 5.41) is 11.6. The van der Waals surface area contributed by atoms with Crippen LogP contribution >= 0.6 is 0 Å². The zero-order valence-corrected chi connectivity index (χ0v) is 12.6. The molecule has 22 heavy (non-hydrogen) atoms. The van der Waals surface area contributed by atoms with E-state index < -0.39 is 0 Å². The standard InChI is InChI=1S/C15H18N6O/c1-11-6-18-21(9-11)10-12(2)17-8-14-19-15(20-22-14)13-4-3-5-16-7-13/h3-7,9,12,17H,8,10H2,1-2H3/t12-/m1/s1. The Kier molecular flexibility index (Phi) is 4.24. The van der Waals surface area contributed by atoms with Crippen molar-refractivity contribution in [1.82, 2.24) is 30.2 Å². The molecule has 1 atom stereocenters. The van der Waals surface area contributed by atoms with Crippen LogP contribution < -0.4 is 5.32 Å². The second-order valence-corrected chi connectivity index (χ2v) is 5.28. The third kappa shape index (κ3) is 3.56. The molecule has 0 fully saturated rings. The van der Waals surface area contributed by atoms with Gasteiger partial charge in [0.1, 0.15) is 0 Å². The summed E-state index contributed by atoms with van der Waals surface area (Å²) in [6.45, 7) is 5.43. The highest BCUT2D eigenvalue weighted by Gasteiger charge is 2.10. The van der Waals surface area contributed by atoms with Gasteiger partial charge < -0.3 is 9.84 Å². The Balaban J connectivity index is 1.54. The third-order valence-corrected chi connectivity index (χ3v) is 3.21. The average molecular weight is 298 g/mol. The predicted octanol–water partition coefficient (Wildman–Crippen LogP) is 1.81. The summed E-state index contributed by atoms with van der Waals surface area (Å²) in [6.07, 6.45) is 7.30. The van der Waals surface area contributed by atoms with Crippen LogP contribution in [0.4, 0.5) is 0 Å². The normalized spacial score (nSPS) is 12.5. The van der Waals surface area contributed by atoms with Gasteiger partial charge >= 0.3 is 0 Å². The Morgan fingerprint density at radius 1 is 1.36 bits per heavy atom. The number of hydrogen-bond acceptors (Lipinski definition) is 6. The Morgan fingerprint density at radius 2 is 2.27 bits per heavy atom. The van der Waals surface area contributed by atoms with Gasteiger partial charge in [0.15, 0.2) is 0 Å². The lowest BCUT2D eigenvalue weighted by atomic mass is 10.3. The molecule has 3 heterocycles. The van der Waals surface area contributed by atoms with Gasteiger partial charge in [-0.05, 0) is 31.5 Å². The molecule has 0 saturated heterocycles. The Bertz CT molecular complexity index is 720. The fourth-order valence-corrected chi connectivity index (χ4v) is 2.11. The van der Waals surface area contributed by atoms with Crippen LogP contribution in [-0.4, -0.2) is 30.9 Å². The molecule has 0 unspecified atom stereocenters. The Morgan fingerprint density at radius 3 is 3.00 bits per heavy atom. The lowest BCUT2D eigenvalue weighted by Gasteiger charge is -2.11. The van der Waals surface area contributed by atoms with Crippen molar-refractivity contribution >= 4 is 0 Å². The van der Waals surface area contributed by atoms with Gasteiger partial charge in [0.25, 0.3) is 0 Å². The third-order valence-electron chi connectivity index (χ3n) is 3.21. The van der Waals surface area contributed by atoms with Crippen LogP contribution in [0.5, 0.6) is 0 Å². The van der Waals surface area contributed by atoms with E-state index in [1.807, 2.05) is 36.1 Å². The fourth-order valence-electron chi connectivity index (χ4n) is 2.11. The molecule has 0 aliphatic carbocycles. The molecule has 0 aromatic carbocycles. The van der Waals surface area contributed by atoms with E-state index in [0.29, 0.717) is 18.3 Å². The average Bonchev–Trinajstić information content (AvgIpc) is 3.15. The number of nitrogens with zero attached hydrogens (tertiary/aromatic N) is 5. The van der Waals surface area contributed by atoms with Crippen LogP contribution in [0.2, 0.25) is 0 Å². The molecular weight excluding hydrogens is 280 g/mol. The van der Waals surface area contributed by atoms with Crippen LogP contribution in [0, 0.1) is 6.92 Å². The van der Waals surface area contributed by atoms with E-state index in [-0.39, 0.29) is 6.04 Å². The monoisotopic (exact) mass is 298 g/mol. The Hall–Kier alpha value is -2.54. The van der Waals surface area contributed by atoms with E-state index in [1.54, 1.807) is 12.4 Å². The largest absolute Gasteiger partial charge is 0.338 e. The van der Waals surface area contributed by atoms with Crippen LogP contribution in [0.15, 0.2) is 41.4 Å². The molecule has 1 N–H and O–H groups in total. The van der Waals surface area contributed by atoms with Crippen molar-refractivity contribution in [3.63, 3.8) is 0 Å². The maximum absolute atomic E-state index is 5.25. The van der Waals surface area contributed by atoms with E-state index >= 15 is 0 Å². The number of aryl methyl sites for hydroxylation is 1. The van der Waals surface area contributed by atoms with Gasteiger partial charge in [-0.25, -0.2) is 0 Å². The Labute approximate surface area is 128 Å². The van der Waals surface area contributed by atoms with Crippen molar-refractivity contribution in [2.45, 2.75) is 33.0 Å². The molecule has 0 radical (unpaired) electrons. The molecule has 7 heteroatoms. The van der Waals surface area contributed by atoms with E-state index in [0.717, 1.165) is 17.7 Å². The summed E-state index contributed by atoms with van der Waals surface area (Å²) < 4.78 is 7.17. The van der Waals surface area contributed by atoms with E-state index in [9.17, 15) is 0 Å². The minimum atomic E-state index is 0.244. The highest BCUT2D eigenvalue weighted by molar-refractivity contribution is 5.51. The molecule has 0 aliphatic rings. The zero-order chi connectivity index (χ0) is 15.4. The molecule has 0 spiro atoms. The lowest BCUT2D eigenvalue weighted by molar-refractivity contribution is 0.350. The molecule has 0 bridgehead atoms. The summed E-state index contributed by atoms with van der Waals surface area (Å²) in [7, 11) is 0. The first-order chi connectivity index (χ1) is 10.7. The lowest BCUT2D eigenvalue weighted by Crippen LogP contribution is -2.30. The van der Waals surface area contributed by atoms with E-state index in [4.69, 9.17) is 4.52 Å². The van der Waals surface area contributed by atoms with Gasteiger partial charge in [-0.2, -0.15) is 10.1 Å². The molecule has 0 aliphatic heterocycles. The maximum Gasteiger partial charge on any atom is 0.240 e. The molecule has 3 aromatic heterocycles. The van der Waals surface area contributed by atoms with E-state index in [1.165, 1.54) is 0 Å². The van der Waals surface area contributed by atoms with Gasteiger partial charge in [-0.1, -0.05) is 5.16 Å². The first-order valence-corrected chi connectivity index (χ1v) is 7.16. The summed E-state index contributed by atoms with van der Waals surface area (Å²) in [4.78, 5) is 8.41. The zero-order valence-electron chi connectivity index (χ0n) is 12.6. The predicted molar refractivity (Wildman–Crippen MR) is 80.8 cm³/mol. The first-order valence-electron chi connectivity index (χ1n) is 7.16. The van der Waals surface area contributed by atoms with Crippen molar-refractivity contribution in [2.24, 2.45) is 0 Å². The van der Waals surface area contributed by atoms with Crippen LogP contribution in [0.25, 0.3) is 11.4 Å². The number of hydrogen-bond donors (Lipinski definition) is 1. The SMILES string of the molecule is Cc1cnn(C[C@@H](C)NCc2nc(-c3cccnc3)no2)c1. The topological polar surface area (TPSA) is 81.7 Å². The highest BCUT2D eigenvalue weighted by atomic mass is 16.5. The first kappa shape index (κ1) is 14.4. The molecule has 0 amide bonds. The van der Waals surface area contributed by atoms with E-state index in [2.05, 4.69) is 32.5 Å². The molecule has 0 saturated carbocycles. The highest BCUT2D eigenvalue weighted by Crippen LogP contribution is 2.13. The fraction of sp³-hybridized carbons (Fsp3) is 0.333. The van der Waals surface area contributed by atoms with Crippen molar-refractivity contribution in [3.8, 4) is 11.4 Å². The molecule has 7 nitrogen and oxygen atoms in total.